The predicted molar refractivity (Wildman–Crippen MR) is 125 cm³/mol. The lowest BCUT2D eigenvalue weighted by atomic mass is 10.0. The topological polar surface area (TPSA) is 231 Å². The smallest absolute Gasteiger partial charge is 0.370 e. The zero-order valence-corrected chi connectivity index (χ0v) is 19.4. The first kappa shape index (κ1) is 29.0. The summed E-state index contributed by atoms with van der Waals surface area (Å²) in [4.78, 5) is 42.2. The molecule has 0 unspecified atom stereocenters. The number of likely N-dealkylation sites (tertiary alicyclic amines) is 1. The highest BCUT2D eigenvalue weighted by atomic mass is 32.3. The third kappa shape index (κ3) is 11.7. The van der Waals surface area contributed by atoms with Crippen molar-refractivity contribution in [2.45, 2.75) is 50.2 Å². The number of aliphatic imine (C=N–C) groups is 1. The van der Waals surface area contributed by atoms with E-state index in [9.17, 15) is 14.4 Å². The van der Waals surface area contributed by atoms with Gasteiger partial charge in [-0.3, -0.25) is 23.7 Å². The molecule has 2 amide bonds. The third-order valence-electron chi connectivity index (χ3n) is 4.91. The Bertz CT molecular complexity index is 930. The number of nitrogens with zero attached hydrogens (tertiary/aromatic N) is 2. The summed E-state index contributed by atoms with van der Waals surface area (Å²) in [5, 5.41) is 2.72. The van der Waals surface area contributed by atoms with Gasteiger partial charge < -0.3 is 32.2 Å². The van der Waals surface area contributed by atoms with E-state index in [0.717, 1.165) is 12.0 Å². The SMILES string of the molecule is NC(N)=NCCC[C@H](C=O)NC(=O)[C@@H]1CCCN1C(=O)[C@H](N)Cc1ccccc1.O=S(=O)(O)O. The number of guanidine groups is 1. The van der Waals surface area contributed by atoms with Gasteiger partial charge in [0, 0.05) is 13.1 Å². The van der Waals surface area contributed by atoms with Crippen LogP contribution < -0.4 is 22.5 Å². The van der Waals surface area contributed by atoms with Crippen LogP contribution in [0.1, 0.15) is 31.2 Å². The van der Waals surface area contributed by atoms with Gasteiger partial charge in [-0.25, -0.2) is 0 Å². The minimum Gasteiger partial charge on any atom is -0.370 e. The molecule has 2 rings (SSSR count). The van der Waals surface area contributed by atoms with E-state index in [4.69, 9.17) is 34.7 Å². The van der Waals surface area contributed by atoms with Crippen LogP contribution in [0.3, 0.4) is 0 Å². The van der Waals surface area contributed by atoms with Gasteiger partial charge in [-0.1, -0.05) is 30.3 Å². The Morgan fingerprint density at radius 2 is 1.85 bits per heavy atom. The molecule has 14 heteroatoms. The first-order valence-corrected chi connectivity index (χ1v) is 11.9. The van der Waals surface area contributed by atoms with Crippen molar-refractivity contribution in [3.05, 3.63) is 35.9 Å². The van der Waals surface area contributed by atoms with Gasteiger partial charge in [0.2, 0.25) is 11.8 Å². The third-order valence-corrected chi connectivity index (χ3v) is 4.91. The summed E-state index contributed by atoms with van der Waals surface area (Å²) in [6.07, 6.45) is 3.34. The molecule has 1 heterocycles. The molecule has 1 aromatic rings. The quantitative estimate of drug-likeness (QED) is 0.0725. The molecule has 1 aliphatic rings. The number of carbonyl (C=O) groups is 3. The second-order valence-corrected chi connectivity index (χ2v) is 8.53. The molecular weight excluding hydrogens is 468 g/mol. The van der Waals surface area contributed by atoms with Crippen molar-refractivity contribution in [1.82, 2.24) is 10.2 Å². The lowest BCUT2D eigenvalue weighted by Crippen LogP contribution is -2.53. The molecule has 1 aliphatic heterocycles. The molecule has 3 atom stereocenters. The largest absolute Gasteiger partial charge is 0.394 e. The average Bonchev–Trinajstić information content (AvgIpc) is 3.24. The molecule has 0 spiro atoms. The summed E-state index contributed by atoms with van der Waals surface area (Å²) in [5.74, 6) is -0.591. The summed E-state index contributed by atoms with van der Waals surface area (Å²) < 4.78 is 31.6. The van der Waals surface area contributed by atoms with Gasteiger partial charge in [0.05, 0.1) is 12.1 Å². The number of aldehydes is 1. The molecule has 13 nitrogen and oxygen atoms in total. The van der Waals surface area contributed by atoms with E-state index in [1.165, 1.54) is 4.90 Å². The van der Waals surface area contributed by atoms with Gasteiger partial charge in [-0.15, -0.1) is 0 Å². The molecule has 1 aromatic carbocycles. The first-order valence-electron chi connectivity index (χ1n) is 10.5. The molecule has 0 saturated carbocycles. The summed E-state index contributed by atoms with van der Waals surface area (Å²) in [6.45, 7) is 0.862. The molecule has 1 saturated heterocycles. The molecule has 0 aromatic heterocycles. The van der Waals surface area contributed by atoms with Crippen molar-refractivity contribution in [2.24, 2.45) is 22.2 Å². The number of hydrogen-bond donors (Lipinski definition) is 6. The molecular formula is C20H32N6O7S. The van der Waals surface area contributed by atoms with Gasteiger partial charge in [-0.05, 0) is 37.7 Å². The van der Waals surface area contributed by atoms with Gasteiger partial charge in [0.25, 0.3) is 0 Å². The number of hydrogen-bond acceptors (Lipinski definition) is 7. The standard InChI is InChI=1S/C20H30N6O3.H2O4S/c21-16(12-14-6-2-1-3-7-14)19(29)26-11-5-9-17(26)18(28)25-15(13-27)8-4-10-24-20(22)23;1-5(2,3)4/h1-3,6-7,13,15-17H,4-5,8-12,21H2,(H,25,28)(H4,22,23,24);(H2,1,2,3,4)/t15-,16-,17+;/m1./s1. The first-order chi connectivity index (χ1) is 15.9. The summed E-state index contributed by atoms with van der Waals surface area (Å²) in [5.41, 5.74) is 17.6. The van der Waals surface area contributed by atoms with E-state index < -0.39 is 28.5 Å². The van der Waals surface area contributed by atoms with Gasteiger partial charge in [0.1, 0.15) is 12.3 Å². The van der Waals surface area contributed by atoms with Gasteiger partial charge >= 0.3 is 10.4 Å². The molecule has 0 radical (unpaired) electrons. The number of rotatable bonds is 10. The molecule has 1 fully saturated rings. The van der Waals surface area contributed by atoms with Crippen molar-refractivity contribution in [3.63, 3.8) is 0 Å². The number of amides is 2. The molecule has 9 N–H and O–H groups in total. The Morgan fingerprint density at radius 1 is 1.24 bits per heavy atom. The highest BCUT2D eigenvalue weighted by Gasteiger charge is 2.36. The zero-order valence-electron chi connectivity index (χ0n) is 18.6. The van der Waals surface area contributed by atoms with Crippen LogP contribution in [0.25, 0.3) is 0 Å². The fraction of sp³-hybridized carbons (Fsp3) is 0.500. The molecule has 34 heavy (non-hydrogen) atoms. The number of nitrogens with two attached hydrogens (primary N) is 3. The summed E-state index contributed by atoms with van der Waals surface area (Å²) in [6, 6.07) is 7.55. The monoisotopic (exact) mass is 500 g/mol. The number of benzene rings is 1. The van der Waals surface area contributed by atoms with E-state index in [2.05, 4.69) is 10.3 Å². The fourth-order valence-corrected chi connectivity index (χ4v) is 3.44. The van der Waals surface area contributed by atoms with Gasteiger partial charge in [-0.2, -0.15) is 8.42 Å². The summed E-state index contributed by atoms with van der Waals surface area (Å²) in [7, 11) is -4.67. The number of nitrogens with one attached hydrogen (secondary N) is 1. The van der Waals surface area contributed by atoms with Crippen LogP contribution >= 0.6 is 0 Å². The van der Waals surface area contributed by atoms with Crippen LogP contribution in [0.4, 0.5) is 0 Å². The zero-order chi connectivity index (χ0) is 25.7. The second kappa shape index (κ2) is 14.2. The molecule has 0 bridgehead atoms. The highest BCUT2D eigenvalue weighted by molar-refractivity contribution is 7.79. The maximum Gasteiger partial charge on any atom is 0.394 e. The Kier molecular flexibility index (Phi) is 12.1. The van der Waals surface area contributed by atoms with Crippen LogP contribution in [0.5, 0.6) is 0 Å². The van der Waals surface area contributed by atoms with E-state index in [0.29, 0.717) is 45.1 Å². The maximum atomic E-state index is 12.8. The lowest BCUT2D eigenvalue weighted by molar-refractivity contribution is -0.139. The number of carbonyl (C=O) groups excluding carboxylic acids is 3. The minimum atomic E-state index is -4.67. The minimum absolute atomic E-state index is 0.0105. The van der Waals surface area contributed by atoms with Crippen LogP contribution in [-0.4, -0.2) is 77.7 Å². The van der Waals surface area contributed by atoms with Crippen LogP contribution in [-0.2, 0) is 31.2 Å². The van der Waals surface area contributed by atoms with Crippen molar-refractivity contribution in [3.8, 4) is 0 Å². The van der Waals surface area contributed by atoms with Crippen molar-refractivity contribution >= 4 is 34.5 Å². The fourth-order valence-electron chi connectivity index (χ4n) is 3.44. The second-order valence-electron chi connectivity index (χ2n) is 7.63. The van der Waals surface area contributed by atoms with E-state index >= 15 is 0 Å². The lowest BCUT2D eigenvalue weighted by Gasteiger charge is -2.27. The Morgan fingerprint density at radius 3 is 2.41 bits per heavy atom. The molecule has 0 aliphatic carbocycles. The summed E-state index contributed by atoms with van der Waals surface area (Å²) >= 11 is 0. The Labute approximate surface area is 198 Å². The van der Waals surface area contributed by atoms with Crippen molar-refractivity contribution in [2.75, 3.05) is 13.1 Å². The predicted octanol–water partition coefficient (Wildman–Crippen LogP) is -1.37. The van der Waals surface area contributed by atoms with Gasteiger partial charge in [0.15, 0.2) is 5.96 Å². The van der Waals surface area contributed by atoms with Crippen LogP contribution in [0.15, 0.2) is 35.3 Å². The van der Waals surface area contributed by atoms with E-state index in [-0.39, 0.29) is 17.8 Å². The van der Waals surface area contributed by atoms with Crippen LogP contribution in [0.2, 0.25) is 0 Å². The normalized spacial score (nSPS) is 17.0. The maximum absolute atomic E-state index is 12.8. The van der Waals surface area contributed by atoms with Crippen molar-refractivity contribution < 1.29 is 31.9 Å². The van der Waals surface area contributed by atoms with E-state index in [1.54, 1.807) is 0 Å². The van der Waals surface area contributed by atoms with Crippen molar-refractivity contribution in [1.29, 1.82) is 0 Å². The average molecular weight is 501 g/mol. The van der Waals surface area contributed by atoms with E-state index in [1.807, 2.05) is 30.3 Å². The Balaban J connectivity index is 0.00000104. The Hall–Kier alpha value is -3.07. The highest BCUT2D eigenvalue weighted by Crippen LogP contribution is 2.19. The molecule has 190 valence electrons. The van der Waals surface area contributed by atoms with Crippen LogP contribution in [0, 0.1) is 0 Å².